The first-order valence-electron chi connectivity index (χ1n) is 5.14. The first-order chi connectivity index (χ1) is 8.09. The third-order valence-corrected chi connectivity index (χ3v) is 2.48. The van der Waals surface area contributed by atoms with Gasteiger partial charge in [-0.15, -0.1) is 0 Å². The first kappa shape index (κ1) is 11.2. The molecule has 0 saturated carbocycles. The lowest BCUT2D eigenvalue weighted by Crippen LogP contribution is -2.18. The van der Waals surface area contributed by atoms with Crippen LogP contribution in [-0.2, 0) is 7.05 Å². The van der Waals surface area contributed by atoms with Gasteiger partial charge in [0.05, 0.1) is 5.69 Å². The van der Waals surface area contributed by atoms with E-state index in [0.717, 1.165) is 5.56 Å². The van der Waals surface area contributed by atoms with E-state index < -0.39 is 0 Å². The predicted molar refractivity (Wildman–Crippen MR) is 65.1 cm³/mol. The highest BCUT2D eigenvalue weighted by Crippen LogP contribution is 2.27. The average Bonchev–Trinajstić information content (AvgIpc) is 2.31. The van der Waals surface area contributed by atoms with Crippen LogP contribution in [-0.4, -0.2) is 9.55 Å². The lowest BCUT2D eigenvalue weighted by atomic mass is 10.2. The predicted octanol–water partition coefficient (Wildman–Crippen LogP) is 1.46. The maximum atomic E-state index is 11.7. The van der Waals surface area contributed by atoms with Crippen LogP contribution in [0.25, 0.3) is 0 Å². The third kappa shape index (κ3) is 2.13. The second kappa shape index (κ2) is 4.29. The molecule has 2 rings (SSSR count). The zero-order chi connectivity index (χ0) is 12.4. The maximum Gasteiger partial charge on any atom is 0.313 e. The van der Waals surface area contributed by atoms with E-state index in [1.165, 1.54) is 10.8 Å². The van der Waals surface area contributed by atoms with Gasteiger partial charge < -0.3 is 15.0 Å². The topological polar surface area (TPSA) is 70.1 Å². The number of aromatic nitrogens is 2. The monoisotopic (exact) mass is 231 g/mol. The van der Waals surface area contributed by atoms with Gasteiger partial charge >= 0.3 is 5.56 Å². The van der Waals surface area contributed by atoms with Gasteiger partial charge in [-0.2, -0.15) is 0 Å². The molecular weight excluding hydrogens is 218 g/mol. The minimum Gasteiger partial charge on any atom is -0.432 e. The Bertz CT molecular complexity index is 605. The molecule has 0 fully saturated rings. The molecule has 0 saturated heterocycles. The Balaban J connectivity index is 2.42. The molecule has 0 spiro atoms. The van der Waals surface area contributed by atoms with Gasteiger partial charge in [-0.1, -0.05) is 12.1 Å². The number of benzene rings is 1. The Hall–Kier alpha value is -2.30. The van der Waals surface area contributed by atoms with Crippen molar-refractivity contribution in [3.05, 3.63) is 46.5 Å². The molecule has 0 unspecified atom stereocenters. The minimum absolute atomic E-state index is 0.0206. The van der Waals surface area contributed by atoms with Gasteiger partial charge in [0.25, 0.3) is 5.88 Å². The number of nitrogens with zero attached hydrogens (tertiary/aromatic N) is 2. The Morgan fingerprint density at radius 3 is 2.94 bits per heavy atom. The fourth-order valence-corrected chi connectivity index (χ4v) is 1.39. The Morgan fingerprint density at radius 1 is 1.41 bits per heavy atom. The molecule has 1 aromatic carbocycles. The fraction of sp³-hybridized carbons (Fsp3) is 0.167. The molecule has 0 atom stereocenters. The summed E-state index contributed by atoms with van der Waals surface area (Å²) < 4.78 is 6.83. The van der Waals surface area contributed by atoms with Crippen LogP contribution in [0, 0.1) is 6.92 Å². The molecule has 5 nitrogen and oxygen atoms in total. The van der Waals surface area contributed by atoms with Crippen molar-refractivity contribution >= 4 is 5.69 Å². The SMILES string of the molecule is Cc1cccc(Oc2nccn(C)c2=O)c1N. The number of aryl methyl sites for hydroxylation is 2. The van der Waals surface area contributed by atoms with Crippen molar-refractivity contribution in [2.75, 3.05) is 5.73 Å². The van der Waals surface area contributed by atoms with Crippen LogP contribution in [0.1, 0.15) is 5.56 Å². The summed E-state index contributed by atoms with van der Waals surface area (Å²) in [7, 11) is 1.64. The van der Waals surface area contributed by atoms with Gasteiger partial charge in [-0.3, -0.25) is 4.79 Å². The van der Waals surface area contributed by atoms with E-state index in [-0.39, 0.29) is 11.4 Å². The Kier molecular flexibility index (Phi) is 2.82. The van der Waals surface area contributed by atoms with Crippen LogP contribution in [0.15, 0.2) is 35.4 Å². The van der Waals surface area contributed by atoms with Gasteiger partial charge in [0.2, 0.25) is 0 Å². The van der Waals surface area contributed by atoms with E-state index >= 15 is 0 Å². The van der Waals surface area contributed by atoms with E-state index in [2.05, 4.69) is 4.98 Å². The highest BCUT2D eigenvalue weighted by molar-refractivity contribution is 5.58. The smallest absolute Gasteiger partial charge is 0.313 e. The highest BCUT2D eigenvalue weighted by Gasteiger charge is 2.08. The second-order valence-corrected chi connectivity index (χ2v) is 3.74. The number of nitrogens with two attached hydrogens (primary N) is 1. The van der Waals surface area contributed by atoms with Gasteiger partial charge in [0, 0.05) is 19.4 Å². The van der Waals surface area contributed by atoms with E-state index in [9.17, 15) is 4.79 Å². The van der Waals surface area contributed by atoms with Crippen molar-refractivity contribution in [3.63, 3.8) is 0 Å². The molecule has 2 aromatic rings. The lowest BCUT2D eigenvalue weighted by molar-refractivity contribution is 0.450. The van der Waals surface area contributed by atoms with Crippen LogP contribution in [0.5, 0.6) is 11.6 Å². The van der Waals surface area contributed by atoms with Crippen LogP contribution in [0.2, 0.25) is 0 Å². The number of rotatable bonds is 2. The summed E-state index contributed by atoms with van der Waals surface area (Å²) in [6, 6.07) is 5.39. The molecule has 0 radical (unpaired) electrons. The molecule has 17 heavy (non-hydrogen) atoms. The Labute approximate surface area is 98.5 Å². The highest BCUT2D eigenvalue weighted by atomic mass is 16.5. The molecule has 0 aliphatic heterocycles. The number of nitrogen functional groups attached to an aromatic ring is 1. The van der Waals surface area contributed by atoms with E-state index in [1.54, 1.807) is 19.3 Å². The number of hydrogen-bond donors (Lipinski definition) is 1. The van der Waals surface area contributed by atoms with Crippen molar-refractivity contribution in [3.8, 4) is 11.6 Å². The molecular formula is C12H13N3O2. The van der Waals surface area contributed by atoms with Crippen molar-refractivity contribution in [1.29, 1.82) is 0 Å². The molecule has 0 amide bonds. The molecule has 0 bridgehead atoms. The molecule has 0 aliphatic carbocycles. The van der Waals surface area contributed by atoms with Gasteiger partial charge in [-0.05, 0) is 18.6 Å². The van der Waals surface area contributed by atoms with Crippen LogP contribution < -0.4 is 16.0 Å². The van der Waals surface area contributed by atoms with Gasteiger partial charge in [0.1, 0.15) is 0 Å². The summed E-state index contributed by atoms with van der Waals surface area (Å²) in [5, 5.41) is 0. The minimum atomic E-state index is -0.298. The zero-order valence-electron chi connectivity index (χ0n) is 9.68. The first-order valence-corrected chi connectivity index (χ1v) is 5.14. The van der Waals surface area contributed by atoms with Crippen molar-refractivity contribution in [2.45, 2.75) is 6.92 Å². The fourth-order valence-electron chi connectivity index (χ4n) is 1.39. The molecule has 2 N–H and O–H groups in total. The van der Waals surface area contributed by atoms with Gasteiger partial charge in [0.15, 0.2) is 5.75 Å². The normalized spacial score (nSPS) is 10.2. The molecule has 5 heteroatoms. The second-order valence-electron chi connectivity index (χ2n) is 3.74. The summed E-state index contributed by atoms with van der Waals surface area (Å²) in [5.74, 6) is 0.466. The number of anilines is 1. The third-order valence-electron chi connectivity index (χ3n) is 2.48. The molecule has 88 valence electrons. The summed E-state index contributed by atoms with van der Waals surface area (Å²) >= 11 is 0. The van der Waals surface area contributed by atoms with Crippen molar-refractivity contribution in [2.24, 2.45) is 7.05 Å². The average molecular weight is 231 g/mol. The van der Waals surface area contributed by atoms with E-state index in [1.807, 2.05) is 19.1 Å². The Morgan fingerprint density at radius 2 is 2.18 bits per heavy atom. The zero-order valence-corrected chi connectivity index (χ0v) is 9.68. The maximum absolute atomic E-state index is 11.7. The van der Waals surface area contributed by atoms with E-state index in [4.69, 9.17) is 10.5 Å². The van der Waals surface area contributed by atoms with Crippen LogP contribution in [0.3, 0.4) is 0 Å². The molecule has 1 heterocycles. The van der Waals surface area contributed by atoms with Crippen LogP contribution in [0.4, 0.5) is 5.69 Å². The molecule has 0 aliphatic rings. The summed E-state index contributed by atoms with van der Waals surface area (Å²) in [6.07, 6.45) is 3.07. The summed E-state index contributed by atoms with van der Waals surface area (Å²) in [4.78, 5) is 15.6. The van der Waals surface area contributed by atoms with Gasteiger partial charge in [-0.25, -0.2) is 4.98 Å². The summed E-state index contributed by atoms with van der Waals surface area (Å²) in [5.41, 5.74) is 6.97. The lowest BCUT2D eigenvalue weighted by Gasteiger charge is -2.09. The summed E-state index contributed by atoms with van der Waals surface area (Å²) in [6.45, 7) is 1.87. The number of para-hydroxylation sites is 1. The molecule has 1 aromatic heterocycles. The largest absolute Gasteiger partial charge is 0.432 e. The number of hydrogen-bond acceptors (Lipinski definition) is 4. The standard InChI is InChI=1S/C12H13N3O2/c1-8-4-3-5-9(10(8)13)17-11-12(16)15(2)7-6-14-11/h3-7H,13H2,1-2H3. The van der Waals surface area contributed by atoms with Crippen LogP contribution >= 0.6 is 0 Å². The van der Waals surface area contributed by atoms with E-state index in [0.29, 0.717) is 11.4 Å². The van der Waals surface area contributed by atoms with Crippen molar-refractivity contribution in [1.82, 2.24) is 9.55 Å². The quantitative estimate of drug-likeness (QED) is 0.794. The number of ether oxygens (including phenoxy) is 1. The van der Waals surface area contributed by atoms with Crippen molar-refractivity contribution < 1.29 is 4.74 Å².